The van der Waals surface area contributed by atoms with Gasteiger partial charge in [0.1, 0.15) is 12.4 Å². The monoisotopic (exact) mass is 579 g/mol. The summed E-state index contributed by atoms with van der Waals surface area (Å²) >= 11 is 1.61. The molecule has 0 fully saturated rings. The number of nitrogens with two attached hydrogens (primary N) is 1. The van der Waals surface area contributed by atoms with Crippen LogP contribution in [-0.4, -0.2) is 49.3 Å². The number of hydrogen-bond acceptors (Lipinski definition) is 8. The van der Waals surface area contributed by atoms with Gasteiger partial charge >= 0.3 is 6.09 Å². The van der Waals surface area contributed by atoms with E-state index in [2.05, 4.69) is 10.6 Å². The number of para-hydroxylation sites is 2. The maximum atomic E-state index is 13.0. The number of thioether (sulfide) groups is 1. The summed E-state index contributed by atoms with van der Waals surface area (Å²) in [6.07, 6.45) is 4.20. The number of benzene rings is 3. The Bertz CT molecular complexity index is 1280. The maximum Gasteiger partial charge on any atom is 0.412 e. The Hall–Kier alpha value is -3.99. The molecule has 3 rings (SSSR count). The molecule has 0 radical (unpaired) electrons. The Morgan fingerprint density at radius 1 is 1.05 bits per heavy atom. The molecule has 3 aromatic carbocycles. The molecule has 0 aliphatic heterocycles. The highest BCUT2D eigenvalue weighted by molar-refractivity contribution is 7.98. The summed E-state index contributed by atoms with van der Waals surface area (Å²) in [6, 6.07) is 21.6. The first-order valence-corrected chi connectivity index (χ1v) is 14.5. The minimum absolute atomic E-state index is 0.125. The largest absolute Gasteiger partial charge is 0.491 e. The van der Waals surface area contributed by atoms with E-state index in [-0.39, 0.29) is 19.1 Å². The zero-order valence-electron chi connectivity index (χ0n) is 23.2. The van der Waals surface area contributed by atoms with Gasteiger partial charge < -0.3 is 30.4 Å². The lowest BCUT2D eigenvalue weighted by molar-refractivity contribution is -0.111. The number of hydrogen-bond donors (Lipinski definition) is 4. The van der Waals surface area contributed by atoms with Gasteiger partial charge in [0, 0.05) is 17.2 Å². The molecule has 0 aliphatic carbocycles. The van der Waals surface area contributed by atoms with Crippen LogP contribution in [0.5, 0.6) is 5.75 Å². The second-order valence-electron chi connectivity index (χ2n) is 8.87. The highest BCUT2D eigenvalue weighted by atomic mass is 32.2. The number of nitrogens with one attached hydrogen (secondary N) is 2. The third kappa shape index (κ3) is 10.5. The fourth-order valence-corrected chi connectivity index (χ4v) is 4.42. The Kier molecular flexibility index (Phi) is 13.0. The lowest BCUT2D eigenvalue weighted by Gasteiger charge is -2.27. The summed E-state index contributed by atoms with van der Waals surface area (Å²) in [6.45, 7) is 2.27. The molecule has 0 bridgehead atoms. The third-order valence-electron chi connectivity index (χ3n) is 5.94. The number of amides is 2. The van der Waals surface area contributed by atoms with Crippen molar-refractivity contribution in [2.45, 2.75) is 36.9 Å². The zero-order valence-corrected chi connectivity index (χ0v) is 24.1. The van der Waals surface area contributed by atoms with E-state index in [1.807, 2.05) is 43.5 Å². The van der Waals surface area contributed by atoms with Gasteiger partial charge in [-0.2, -0.15) is 0 Å². The van der Waals surface area contributed by atoms with Gasteiger partial charge in [-0.1, -0.05) is 30.3 Å². The molecule has 0 aliphatic rings. The minimum Gasteiger partial charge on any atom is -0.491 e. The number of aliphatic hydroxyl groups is 1. The van der Waals surface area contributed by atoms with Crippen molar-refractivity contribution in [3.63, 3.8) is 0 Å². The van der Waals surface area contributed by atoms with Crippen LogP contribution < -0.4 is 21.1 Å². The molecule has 2 amide bonds. The lowest BCUT2D eigenvalue weighted by Crippen LogP contribution is -2.29. The van der Waals surface area contributed by atoms with Gasteiger partial charge in [0.2, 0.25) is 5.91 Å². The Morgan fingerprint density at radius 3 is 2.54 bits per heavy atom. The molecule has 3 aromatic rings. The molecule has 0 aromatic heterocycles. The summed E-state index contributed by atoms with van der Waals surface area (Å²) in [5.74, 6) is 0.231. The molecule has 218 valence electrons. The van der Waals surface area contributed by atoms with Crippen molar-refractivity contribution in [2.75, 3.05) is 42.4 Å². The van der Waals surface area contributed by atoms with Crippen molar-refractivity contribution in [1.29, 1.82) is 0 Å². The Balaban J connectivity index is 1.74. The Morgan fingerprint density at radius 2 is 1.83 bits per heavy atom. The molecule has 0 saturated carbocycles. The van der Waals surface area contributed by atoms with Gasteiger partial charge in [-0.05, 0) is 86.2 Å². The number of ether oxygens (including phenoxy) is 3. The van der Waals surface area contributed by atoms with E-state index in [0.717, 1.165) is 4.90 Å². The van der Waals surface area contributed by atoms with Crippen molar-refractivity contribution in [3.8, 4) is 5.75 Å². The van der Waals surface area contributed by atoms with Crippen molar-refractivity contribution >= 4 is 40.8 Å². The third-order valence-corrected chi connectivity index (χ3v) is 6.68. The first kappa shape index (κ1) is 31.5. The highest BCUT2D eigenvalue weighted by Gasteiger charge is 2.28. The van der Waals surface area contributed by atoms with E-state index in [4.69, 9.17) is 25.1 Å². The molecule has 2 atom stereocenters. The standard InChI is InChI=1S/C31H37N3O6S/c1-3-38-28(13-6-7-14-29(36)34-27-12-5-4-11-26(27)32)30(22-9-8-10-24(21-22)39-20-19-35)40-31(37)33-23-15-17-25(41-2)18-16-23/h4-5,7-12,14-18,21,28,30,35H,3,6,13,19-20,32H2,1-2H3,(H,33,37)(H,34,36)/b14-7+/t28-,30-/m1/s1. The van der Waals surface area contributed by atoms with Crippen molar-refractivity contribution < 1.29 is 28.9 Å². The van der Waals surface area contributed by atoms with Crippen LogP contribution in [0, 0.1) is 0 Å². The van der Waals surface area contributed by atoms with Gasteiger partial charge in [-0.25, -0.2) is 4.79 Å². The van der Waals surface area contributed by atoms with Gasteiger partial charge in [-0.15, -0.1) is 11.8 Å². The summed E-state index contributed by atoms with van der Waals surface area (Å²) in [4.78, 5) is 26.5. The van der Waals surface area contributed by atoms with Gasteiger partial charge in [0.15, 0.2) is 6.10 Å². The zero-order chi connectivity index (χ0) is 29.5. The van der Waals surface area contributed by atoms with E-state index < -0.39 is 18.3 Å². The van der Waals surface area contributed by atoms with Gasteiger partial charge in [0.05, 0.1) is 24.1 Å². The first-order chi connectivity index (χ1) is 19.9. The van der Waals surface area contributed by atoms with E-state index in [1.54, 1.807) is 60.3 Å². The number of carbonyl (C=O) groups excluding carboxylic acids is 2. The van der Waals surface area contributed by atoms with Crippen molar-refractivity contribution in [2.24, 2.45) is 0 Å². The van der Waals surface area contributed by atoms with E-state index in [9.17, 15) is 9.59 Å². The number of allylic oxidation sites excluding steroid dienone is 1. The molecule has 41 heavy (non-hydrogen) atoms. The summed E-state index contributed by atoms with van der Waals surface area (Å²) in [7, 11) is 0. The smallest absolute Gasteiger partial charge is 0.412 e. The van der Waals surface area contributed by atoms with Crippen LogP contribution in [0.4, 0.5) is 21.9 Å². The topological polar surface area (TPSA) is 132 Å². The van der Waals surface area contributed by atoms with E-state index in [0.29, 0.717) is 47.8 Å². The van der Waals surface area contributed by atoms with Crippen LogP contribution >= 0.6 is 11.8 Å². The number of nitrogen functional groups attached to an aromatic ring is 1. The van der Waals surface area contributed by atoms with Crippen LogP contribution in [0.15, 0.2) is 89.8 Å². The predicted octanol–water partition coefficient (Wildman–Crippen LogP) is 6.03. The molecule has 0 saturated heterocycles. The van der Waals surface area contributed by atoms with Crippen LogP contribution in [0.2, 0.25) is 0 Å². The quantitative estimate of drug-likeness (QED) is 0.0975. The molecule has 0 heterocycles. The highest BCUT2D eigenvalue weighted by Crippen LogP contribution is 2.30. The predicted molar refractivity (Wildman–Crippen MR) is 163 cm³/mol. The maximum absolute atomic E-state index is 13.0. The fraction of sp³-hybridized carbons (Fsp3) is 0.290. The number of aliphatic hydroxyl groups excluding tert-OH is 1. The second-order valence-corrected chi connectivity index (χ2v) is 9.75. The van der Waals surface area contributed by atoms with Crippen LogP contribution in [0.1, 0.15) is 31.4 Å². The average molecular weight is 580 g/mol. The molecule has 9 nitrogen and oxygen atoms in total. The molecule has 5 N–H and O–H groups in total. The molecular weight excluding hydrogens is 542 g/mol. The number of rotatable bonds is 15. The Labute approximate surface area is 245 Å². The summed E-state index contributed by atoms with van der Waals surface area (Å²) in [5.41, 5.74) is 8.20. The molecule has 0 unspecified atom stereocenters. The van der Waals surface area contributed by atoms with E-state index >= 15 is 0 Å². The second kappa shape index (κ2) is 17.0. The molecule has 0 spiro atoms. The lowest BCUT2D eigenvalue weighted by atomic mass is 10.00. The summed E-state index contributed by atoms with van der Waals surface area (Å²) < 4.78 is 17.6. The molecular formula is C31H37N3O6S. The minimum atomic E-state index is -0.774. The molecule has 10 heteroatoms. The van der Waals surface area contributed by atoms with Gasteiger partial charge in [-0.3, -0.25) is 10.1 Å². The number of anilines is 3. The van der Waals surface area contributed by atoms with Crippen LogP contribution in [0.25, 0.3) is 0 Å². The normalized spacial score (nSPS) is 12.5. The SMILES string of the molecule is CCO[C@H](CC/C=C/C(=O)Nc1ccccc1N)[C@H](OC(=O)Nc1ccc(SC)cc1)c1cccc(OCCO)c1. The van der Waals surface area contributed by atoms with Crippen LogP contribution in [0.3, 0.4) is 0 Å². The summed E-state index contributed by atoms with van der Waals surface area (Å²) in [5, 5.41) is 14.7. The van der Waals surface area contributed by atoms with E-state index in [1.165, 1.54) is 6.08 Å². The van der Waals surface area contributed by atoms with Crippen molar-refractivity contribution in [3.05, 3.63) is 90.5 Å². The number of carbonyl (C=O) groups is 2. The fourth-order valence-electron chi connectivity index (χ4n) is 4.01. The van der Waals surface area contributed by atoms with Crippen molar-refractivity contribution in [1.82, 2.24) is 0 Å². The van der Waals surface area contributed by atoms with Gasteiger partial charge in [0.25, 0.3) is 0 Å². The first-order valence-electron chi connectivity index (χ1n) is 13.3. The van der Waals surface area contributed by atoms with Crippen LogP contribution in [-0.2, 0) is 14.3 Å². The average Bonchev–Trinajstić information content (AvgIpc) is 2.98.